The van der Waals surface area contributed by atoms with E-state index in [-0.39, 0.29) is 11.6 Å². The van der Waals surface area contributed by atoms with Crippen LogP contribution in [0.25, 0.3) is 0 Å². The summed E-state index contributed by atoms with van der Waals surface area (Å²) in [6.45, 7) is 2.40. The second-order valence-corrected chi connectivity index (χ2v) is 5.47. The molecular formula is C20H20N4O3. The first-order valence-corrected chi connectivity index (χ1v) is 8.47. The normalized spacial score (nSPS) is 10.1. The average Bonchev–Trinajstić information content (AvgIpc) is 2.70. The smallest absolute Gasteiger partial charge is 0.274 e. The van der Waals surface area contributed by atoms with Crippen LogP contribution in [0.2, 0.25) is 0 Å². The van der Waals surface area contributed by atoms with Gasteiger partial charge in [-0.1, -0.05) is 24.3 Å². The number of hydrogen-bond donors (Lipinski definition) is 2. The maximum absolute atomic E-state index is 12.6. The van der Waals surface area contributed by atoms with Crippen LogP contribution in [0, 0.1) is 0 Å². The standard InChI is InChI=1S/C20H20N4O3/c1-3-27-18-11-7-5-9-15(18)22-19(25)16-12-13-21-20(24-16)23-14-8-4-6-10-17(14)26-2/h4-13H,3H2,1-2H3,(H,22,25)(H,21,23,24). The minimum atomic E-state index is -0.354. The van der Waals surface area contributed by atoms with E-state index in [9.17, 15) is 4.79 Å². The predicted molar refractivity (Wildman–Crippen MR) is 104 cm³/mol. The number of aromatic nitrogens is 2. The fraction of sp³-hybridized carbons (Fsp3) is 0.150. The van der Waals surface area contributed by atoms with Gasteiger partial charge in [0, 0.05) is 6.20 Å². The fourth-order valence-electron chi connectivity index (χ4n) is 2.45. The molecule has 0 atom stereocenters. The lowest BCUT2D eigenvalue weighted by Gasteiger charge is -2.12. The van der Waals surface area contributed by atoms with Crippen LogP contribution in [0.5, 0.6) is 11.5 Å². The van der Waals surface area contributed by atoms with Crippen molar-refractivity contribution in [3.63, 3.8) is 0 Å². The highest BCUT2D eigenvalue weighted by Gasteiger charge is 2.13. The third kappa shape index (κ3) is 4.52. The van der Waals surface area contributed by atoms with E-state index in [1.807, 2.05) is 43.3 Å². The SMILES string of the molecule is CCOc1ccccc1NC(=O)c1ccnc(Nc2ccccc2OC)n1. The number of nitrogens with zero attached hydrogens (tertiary/aromatic N) is 2. The average molecular weight is 364 g/mol. The van der Waals surface area contributed by atoms with Crippen LogP contribution in [-0.4, -0.2) is 29.6 Å². The molecule has 0 saturated heterocycles. The van der Waals surface area contributed by atoms with Crippen LogP contribution in [-0.2, 0) is 0 Å². The Morgan fingerprint density at radius 3 is 2.44 bits per heavy atom. The molecule has 1 amide bonds. The molecule has 0 aliphatic heterocycles. The van der Waals surface area contributed by atoms with E-state index in [2.05, 4.69) is 20.6 Å². The van der Waals surface area contributed by atoms with Crippen LogP contribution in [0.1, 0.15) is 17.4 Å². The van der Waals surface area contributed by atoms with Gasteiger partial charge in [-0.05, 0) is 37.3 Å². The van der Waals surface area contributed by atoms with Crippen molar-refractivity contribution in [2.24, 2.45) is 0 Å². The molecular weight excluding hydrogens is 344 g/mol. The molecule has 2 aromatic carbocycles. The van der Waals surface area contributed by atoms with Gasteiger partial charge in [0.25, 0.3) is 5.91 Å². The minimum Gasteiger partial charge on any atom is -0.495 e. The van der Waals surface area contributed by atoms with Crippen LogP contribution in [0.15, 0.2) is 60.8 Å². The first kappa shape index (κ1) is 18.2. The number of hydrogen-bond acceptors (Lipinski definition) is 6. The number of benzene rings is 2. The highest BCUT2D eigenvalue weighted by Crippen LogP contribution is 2.26. The van der Waals surface area contributed by atoms with Crippen LogP contribution >= 0.6 is 0 Å². The van der Waals surface area contributed by atoms with Crippen LogP contribution in [0.4, 0.5) is 17.3 Å². The van der Waals surface area contributed by atoms with Gasteiger partial charge in [-0.3, -0.25) is 4.79 Å². The first-order valence-electron chi connectivity index (χ1n) is 8.47. The number of rotatable bonds is 7. The zero-order valence-corrected chi connectivity index (χ0v) is 15.1. The van der Waals surface area contributed by atoms with E-state index >= 15 is 0 Å². The lowest BCUT2D eigenvalue weighted by Crippen LogP contribution is -2.15. The summed E-state index contributed by atoms with van der Waals surface area (Å²) in [7, 11) is 1.58. The van der Waals surface area contributed by atoms with E-state index in [0.717, 1.165) is 0 Å². The first-order chi connectivity index (χ1) is 13.2. The number of ether oxygens (including phenoxy) is 2. The Morgan fingerprint density at radius 1 is 1.00 bits per heavy atom. The van der Waals surface area contributed by atoms with Crippen molar-refractivity contribution < 1.29 is 14.3 Å². The van der Waals surface area contributed by atoms with Crippen molar-refractivity contribution >= 4 is 23.2 Å². The monoisotopic (exact) mass is 364 g/mol. The quantitative estimate of drug-likeness (QED) is 0.662. The molecule has 138 valence electrons. The van der Waals surface area contributed by atoms with Gasteiger partial charge in [0.1, 0.15) is 17.2 Å². The van der Waals surface area contributed by atoms with Crippen molar-refractivity contribution in [3.8, 4) is 11.5 Å². The van der Waals surface area contributed by atoms with Crippen molar-refractivity contribution in [2.45, 2.75) is 6.92 Å². The molecule has 1 aromatic heterocycles. The van der Waals surface area contributed by atoms with E-state index in [4.69, 9.17) is 9.47 Å². The van der Waals surface area contributed by atoms with Gasteiger partial charge < -0.3 is 20.1 Å². The summed E-state index contributed by atoms with van der Waals surface area (Å²) < 4.78 is 10.8. The maximum Gasteiger partial charge on any atom is 0.274 e. The Labute approximate surface area is 157 Å². The number of carbonyl (C=O) groups excluding carboxylic acids is 1. The lowest BCUT2D eigenvalue weighted by atomic mass is 10.2. The van der Waals surface area contributed by atoms with Gasteiger partial charge in [0.2, 0.25) is 5.95 Å². The van der Waals surface area contributed by atoms with Crippen molar-refractivity contribution in [3.05, 3.63) is 66.5 Å². The Morgan fingerprint density at radius 2 is 1.70 bits per heavy atom. The summed E-state index contributed by atoms with van der Waals surface area (Å²) in [4.78, 5) is 21.0. The number of anilines is 3. The molecule has 1 heterocycles. The van der Waals surface area contributed by atoms with Crippen LogP contribution < -0.4 is 20.1 Å². The van der Waals surface area contributed by atoms with E-state index in [1.54, 1.807) is 25.3 Å². The molecule has 0 unspecified atom stereocenters. The number of carbonyl (C=O) groups is 1. The second kappa shape index (κ2) is 8.66. The number of para-hydroxylation sites is 4. The van der Waals surface area contributed by atoms with Gasteiger partial charge in [0.05, 0.1) is 25.1 Å². The Kier molecular flexibility index (Phi) is 5.84. The molecule has 7 nitrogen and oxygen atoms in total. The maximum atomic E-state index is 12.6. The summed E-state index contributed by atoms with van der Waals surface area (Å²) in [6, 6.07) is 16.2. The van der Waals surface area contributed by atoms with Gasteiger partial charge in [-0.25, -0.2) is 9.97 Å². The molecule has 2 N–H and O–H groups in total. The molecule has 3 aromatic rings. The minimum absolute atomic E-state index is 0.230. The highest BCUT2D eigenvalue weighted by atomic mass is 16.5. The Balaban J connectivity index is 1.78. The van der Waals surface area contributed by atoms with Gasteiger partial charge in [0.15, 0.2) is 0 Å². The molecule has 0 spiro atoms. The third-order valence-corrected chi connectivity index (χ3v) is 3.68. The zero-order valence-electron chi connectivity index (χ0n) is 15.1. The molecule has 0 aliphatic carbocycles. The van der Waals surface area contributed by atoms with Crippen molar-refractivity contribution in [1.29, 1.82) is 0 Å². The molecule has 3 rings (SSSR count). The molecule has 0 aliphatic rings. The van der Waals surface area contributed by atoms with E-state index < -0.39 is 0 Å². The third-order valence-electron chi connectivity index (χ3n) is 3.68. The van der Waals surface area contributed by atoms with E-state index in [0.29, 0.717) is 35.4 Å². The topological polar surface area (TPSA) is 85.4 Å². The second-order valence-electron chi connectivity index (χ2n) is 5.47. The van der Waals surface area contributed by atoms with E-state index in [1.165, 1.54) is 6.20 Å². The highest BCUT2D eigenvalue weighted by molar-refractivity contribution is 6.03. The molecule has 0 saturated carbocycles. The summed E-state index contributed by atoms with van der Waals surface area (Å²) in [6.07, 6.45) is 1.52. The number of methoxy groups -OCH3 is 1. The van der Waals surface area contributed by atoms with Gasteiger partial charge in [-0.15, -0.1) is 0 Å². The molecule has 0 bridgehead atoms. The van der Waals surface area contributed by atoms with Gasteiger partial charge >= 0.3 is 0 Å². The molecule has 7 heteroatoms. The number of amides is 1. The van der Waals surface area contributed by atoms with Crippen molar-refractivity contribution in [1.82, 2.24) is 9.97 Å². The van der Waals surface area contributed by atoms with Crippen LogP contribution in [0.3, 0.4) is 0 Å². The Hall–Kier alpha value is -3.61. The van der Waals surface area contributed by atoms with Gasteiger partial charge in [-0.2, -0.15) is 0 Å². The predicted octanol–water partition coefficient (Wildman–Crippen LogP) is 3.88. The fourth-order valence-corrected chi connectivity index (χ4v) is 2.45. The molecule has 0 radical (unpaired) electrons. The lowest BCUT2D eigenvalue weighted by molar-refractivity contribution is 0.102. The number of nitrogens with one attached hydrogen (secondary N) is 2. The Bertz CT molecular complexity index is 930. The summed E-state index contributed by atoms with van der Waals surface area (Å²) in [5, 5.41) is 5.88. The molecule has 0 fully saturated rings. The summed E-state index contributed by atoms with van der Waals surface area (Å²) >= 11 is 0. The largest absolute Gasteiger partial charge is 0.495 e. The zero-order chi connectivity index (χ0) is 19.1. The van der Waals surface area contributed by atoms with Crippen molar-refractivity contribution in [2.75, 3.05) is 24.4 Å². The summed E-state index contributed by atoms with van der Waals surface area (Å²) in [5.41, 5.74) is 1.52. The summed E-state index contributed by atoms with van der Waals surface area (Å²) in [5.74, 6) is 1.20. The molecule has 27 heavy (non-hydrogen) atoms.